The van der Waals surface area contributed by atoms with Gasteiger partial charge in [0.2, 0.25) is 21.8 Å². The second-order valence-corrected chi connectivity index (χ2v) is 12.9. The van der Waals surface area contributed by atoms with Gasteiger partial charge in [0.15, 0.2) is 0 Å². The Bertz CT molecular complexity index is 1540. The number of carbonyl (C=O) groups is 3. The van der Waals surface area contributed by atoms with Crippen molar-refractivity contribution >= 4 is 33.5 Å². The molecule has 0 radical (unpaired) electrons. The number of hydrogen-bond donors (Lipinski definition) is 3. The Morgan fingerprint density at radius 3 is 2.22 bits per heavy atom. The summed E-state index contributed by atoms with van der Waals surface area (Å²) in [5.74, 6) is -2.61. The monoisotopic (exact) mass is 578 g/mol. The first-order valence-corrected chi connectivity index (χ1v) is 15.1. The molecule has 1 aliphatic heterocycles. The predicted molar refractivity (Wildman–Crippen MR) is 149 cm³/mol. The highest BCUT2D eigenvalue weighted by Crippen LogP contribution is 2.45. The lowest BCUT2D eigenvalue weighted by molar-refractivity contribution is -0.141. The van der Waals surface area contributed by atoms with Gasteiger partial charge in [-0.15, -0.1) is 6.58 Å². The van der Waals surface area contributed by atoms with Gasteiger partial charge in [-0.1, -0.05) is 59.8 Å². The van der Waals surface area contributed by atoms with Crippen molar-refractivity contribution in [2.75, 3.05) is 13.2 Å². The number of oxime groups is 1. The third kappa shape index (κ3) is 4.80. The number of amides is 3. The van der Waals surface area contributed by atoms with Crippen LogP contribution in [0.4, 0.5) is 0 Å². The van der Waals surface area contributed by atoms with Crippen molar-refractivity contribution in [1.29, 1.82) is 0 Å². The van der Waals surface area contributed by atoms with Crippen LogP contribution in [0.2, 0.25) is 0 Å². The van der Waals surface area contributed by atoms with Crippen molar-refractivity contribution in [2.45, 2.75) is 48.6 Å². The first-order chi connectivity index (χ1) is 19.7. The Kier molecular flexibility index (Phi) is 6.69. The summed E-state index contributed by atoms with van der Waals surface area (Å²) in [5.41, 5.74) is 3.03. The first-order valence-electron chi connectivity index (χ1n) is 13.5. The second-order valence-electron chi connectivity index (χ2n) is 10.9. The third-order valence-corrected chi connectivity index (χ3v) is 10.0. The van der Waals surface area contributed by atoms with E-state index in [4.69, 9.17) is 4.84 Å². The Morgan fingerprint density at radius 2 is 1.68 bits per heavy atom. The molecule has 1 heterocycles. The molecule has 4 atom stereocenters. The van der Waals surface area contributed by atoms with Crippen LogP contribution in [0, 0.1) is 5.92 Å². The SMILES string of the molecule is C=C[C@@H]1C[C@@]1(NC(=O)C1CC(ON=C2c3ccccc3-c3ccccc32)CN1C(=O)CO)C(=O)NS(=O)(=O)C1CC1. The van der Waals surface area contributed by atoms with Gasteiger partial charge in [-0.05, 0) is 30.4 Å². The number of nitrogens with zero attached hydrogens (tertiary/aromatic N) is 2. The maximum atomic E-state index is 13.5. The number of fused-ring (bicyclic) bond motifs is 3. The fraction of sp³-hybridized carbons (Fsp3) is 0.379. The van der Waals surface area contributed by atoms with E-state index in [1.807, 2.05) is 48.5 Å². The standard InChI is InChI=1S/C29H30N4O7S/c1-2-17-14-29(17,28(37)32-41(38,39)19-11-12-19)30-27(36)24-13-18(15-33(24)25(35)16-34)40-31-26-22-9-5-3-7-20(22)21-8-4-6-10-23(21)26/h2-10,17-19,24,34H,1,11-16H2,(H,30,36)(H,32,37)/t17-,18?,24?,29+/m1/s1. The number of hydrogen-bond acceptors (Lipinski definition) is 8. The maximum Gasteiger partial charge on any atom is 0.259 e. The van der Waals surface area contributed by atoms with E-state index in [-0.39, 0.29) is 19.4 Å². The molecule has 214 valence electrons. The van der Waals surface area contributed by atoms with Gasteiger partial charge in [0.1, 0.15) is 30.0 Å². The van der Waals surface area contributed by atoms with Crippen LogP contribution < -0.4 is 10.0 Å². The molecule has 6 rings (SSSR count). The van der Waals surface area contributed by atoms with Gasteiger partial charge in [-0.2, -0.15) is 0 Å². The second kappa shape index (κ2) is 10.1. The van der Waals surface area contributed by atoms with Crippen LogP contribution in [-0.4, -0.2) is 77.9 Å². The van der Waals surface area contributed by atoms with Gasteiger partial charge < -0.3 is 20.2 Å². The van der Waals surface area contributed by atoms with Crippen LogP contribution in [0.1, 0.15) is 36.8 Å². The zero-order valence-electron chi connectivity index (χ0n) is 22.2. The quantitative estimate of drug-likeness (QED) is 0.253. The highest BCUT2D eigenvalue weighted by Gasteiger charge is 2.61. The maximum absolute atomic E-state index is 13.5. The molecule has 2 saturated carbocycles. The van der Waals surface area contributed by atoms with Crippen molar-refractivity contribution < 1.29 is 32.7 Å². The lowest BCUT2D eigenvalue weighted by Crippen LogP contribution is -2.56. The molecular weight excluding hydrogens is 548 g/mol. The molecule has 41 heavy (non-hydrogen) atoms. The molecule has 1 saturated heterocycles. The fourth-order valence-electron chi connectivity index (χ4n) is 5.73. The summed E-state index contributed by atoms with van der Waals surface area (Å²) in [6.45, 7) is 2.88. The molecule has 2 unspecified atom stereocenters. The minimum atomic E-state index is -3.83. The molecule has 12 heteroatoms. The summed E-state index contributed by atoms with van der Waals surface area (Å²) in [7, 11) is -3.83. The lowest BCUT2D eigenvalue weighted by Gasteiger charge is -2.26. The van der Waals surface area contributed by atoms with Gasteiger partial charge in [0.05, 0.1) is 11.8 Å². The van der Waals surface area contributed by atoms with Crippen molar-refractivity contribution in [3.63, 3.8) is 0 Å². The zero-order chi connectivity index (χ0) is 28.9. The minimum absolute atomic E-state index is 0.00229. The Labute approximate surface area is 237 Å². The summed E-state index contributed by atoms with van der Waals surface area (Å²) >= 11 is 0. The topological polar surface area (TPSA) is 154 Å². The van der Waals surface area contributed by atoms with Crippen LogP contribution in [0.5, 0.6) is 0 Å². The first kappa shape index (κ1) is 27.2. The zero-order valence-corrected chi connectivity index (χ0v) is 23.0. The molecule has 2 aromatic carbocycles. The fourth-order valence-corrected chi connectivity index (χ4v) is 7.09. The average Bonchev–Trinajstić information content (AvgIpc) is 3.88. The van der Waals surface area contributed by atoms with E-state index < -0.39 is 63.2 Å². The number of likely N-dealkylation sites (tertiary alicyclic amines) is 1. The van der Waals surface area contributed by atoms with E-state index in [0.717, 1.165) is 22.3 Å². The van der Waals surface area contributed by atoms with Crippen LogP contribution in [-0.2, 0) is 29.2 Å². The number of carbonyl (C=O) groups excluding carboxylic acids is 3. The van der Waals surface area contributed by atoms with Crippen LogP contribution >= 0.6 is 0 Å². The van der Waals surface area contributed by atoms with Crippen LogP contribution in [0.15, 0.2) is 66.3 Å². The van der Waals surface area contributed by atoms with E-state index in [0.29, 0.717) is 18.6 Å². The Morgan fingerprint density at radius 1 is 1.07 bits per heavy atom. The van der Waals surface area contributed by atoms with E-state index in [2.05, 4.69) is 21.8 Å². The van der Waals surface area contributed by atoms with Gasteiger partial charge in [0.25, 0.3) is 5.91 Å². The van der Waals surface area contributed by atoms with Crippen molar-refractivity contribution in [1.82, 2.24) is 14.9 Å². The average molecular weight is 579 g/mol. The summed E-state index contributed by atoms with van der Waals surface area (Å²) in [4.78, 5) is 46.3. The van der Waals surface area contributed by atoms with Gasteiger partial charge in [-0.3, -0.25) is 19.1 Å². The molecule has 4 aliphatic rings. The van der Waals surface area contributed by atoms with Crippen LogP contribution in [0.25, 0.3) is 11.1 Å². The minimum Gasteiger partial charge on any atom is -0.390 e. The third-order valence-electron chi connectivity index (χ3n) is 8.22. The predicted octanol–water partition coefficient (Wildman–Crippen LogP) is 1.07. The van der Waals surface area contributed by atoms with Crippen LogP contribution in [0.3, 0.4) is 0 Å². The Hall–Kier alpha value is -4.03. The number of nitrogens with one attached hydrogen (secondary N) is 2. The number of aliphatic hydroxyl groups excluding tert-OH is 1. The summed E-state index contributed by atoms with van der Waals surface area (Å²) in [6, 6.07) is 14.6. The molecule has 0 bridgehead atoms. The number of aliphatic hydroxyl groups is 1. The number of sulfonamides is 1. The smallest absolute Gasteiger partial charge is 0.259 e. The van der Waals surface area contributed by atoms with E-state index in [1.165, 1.54) is 11.0 Å². The Balaban J connectivity index is 1.20. The molecule has 3 N–H and O–H groups in total. The molecule has 0 aromatic heterocycles. The van der Waals surface area contributed by atoms with E-state index >= 15 is 0 Å². The molecule has 3 amide bonds. The van der Waals surface area contributed by atoms with Gasteiger partial charge >= 0.3 is 0 Å². The van der Waals surface area contributed by atoms with Crippen molar-refractivity contribution in [3.8, 4) is 11.1 Å². The van der Waals surface area contributed by atoms with Crippen molar-refractivity contribution in [2.24, 2.45) is 11.1 Å². The van der Waals surface area contributed by atoms with Crippen molar-refractivity contribution in [3.05, 3.63) is 72.3 Å². The lowest BCUT2D eigenvalue weighted by atomic mass is 10.1. The normalized spacial score (nSPS) is 26.0. The molecule has 0 spiro atoms. The largest absolute Gasteiger partial charge is 0.390 e. The highest BCUT2D eigenvalue weighted by atomic mass is 32.2. The summed E-state index contributed by atoms with van der Waals surface area (Å²) in [5, 5.41) is 16.1. The molecule has 11 nitrogen and oxygen atoms in total. The molecule has 3 fully saturated rings. The highest BCUT2D eigenvalue weighted by molar-refractivity contribution is 7.91. The van der Waals surface area contributed by atoms with Gasteiger partial charge in [0, 0.05) is 23.5 Å². The van der Waals surface area contributed by atoms with Gasteiger partial charge in [-0.25, -0.2) is 8.42 Å². The molecular formula is C29H30N4O7S. The number of rotatable bonds is 9. The molecule has 2 aromatic rings. The van der Waals surface area contributed by atoms with E-state index in [1.54, 1.807) is 0 Å². The summed E-state index contributed by atoms with van der Waals surface area (Å²) < 4.78 is 26.9. The summed E-state index contributed by atoms with van der Waals surface area (Å²) in [6.07, 6.45) is 2.04. The van der Waals surface area contributed by atoms with E-state index in [9.17, 15) is 27.9 Å². The number of benzene rings is 2. The molecule has 3 aliphatic carbocycles.